The van der Waals surface area contributed by atoms with Crippen molar-refractivity contribution in [2.45, 2.75) is 10.9 Å². The highest BCUT2D eigenvalue weighted by Gasteiger charge is 2.80. The third-order valence-corrected chi connectivity index (χ3v) is 3.02. The Kier molecular flexibility index (Phi) is 1.76. The van der Waals surface area contributed by atoms with Gasteiger partial charge in [-0.05, 0) is 0 Å². The van der Waals surface area contributed by atoms with E-state index in [-0.39, 0.29) is 0 Å². The Morgan fingerprint density at radius 3 is 2.31 bits per heavy atom. The van der Waals surface area contributed by atoms with E-state index < -0.39 is 32.6 Å². The second kappa shape index (κ2) is 2.37. The molecule has 2 unspecified atom stereocenters. The number of ether oxygens (including phenoxy) is 1. The molecule has 0 aromatic heterocycles. The number of fused-ring (bicyclic) bond motifs is 1. The van der Waals surface area contributed by atoms with E-state index in [9.17, 15) is 13.2 Å². The molecule has 1 heterocycles. The van der Waals surface area contributed by atoms with Gasteiger partial charge in [-0.3, -0.25) is 0 Å². The zero-order valence-electron chi connectivity index (χ0n) is 5.68. The van der Waals surface area contributed by atoms with Crippen molar-refractivity contribution in [3.8, 4) is 0 Å². The average molecular weight is 251 g/mol. The summed E-state index contributed by atoms with van der Waals surface area (Å²) in [7, 11) is 0. The van der Waals surface area contributed by atoms with Gasteiger partial charge in [0, 0.05) is 0 Å². The van der Waals surface area contributed by atoms with E-state index in [2.05, 4.69) is 4.74 Å². The van der Waals surface area contributed by atoms with E-state index in [1.54, 1.807) is 0 Å². The van der Waals surface area contributed by atoms with Crippen molar-refractivity contribution in [2.75, 3.05) is 0 Å². The van der Waals surface area contributed by atoms with Gasteiger partial charge in [0.2, 0.25) is 0 Å². The molecule has 7 heteroatoms. The zero-order chi connectivity index (χ0) is 10.0. The van der Waals surface area contributed by atoms with Gasteiger partial charge in [-0.2, -0.15) is 0 Å². The molecule has 2 atom stereocenters. The Balaban J connectivity index is 2.63. The van der Waals surface area contributed by atoms with Crippen LogP contribution in [0, 0.1) is 0 Å². The van der Waals surface area contributed by atoms with Gasteiger partial charge in [0.25, 0.3) is 5.06 Å². The van der Waals surface area contributed by atoms with Gasteiger partial charge in [-0.15, -0.1) is 0 Å². The molecular formula is C6Cl3F3O. The number of allylic oxidation sites excluding steroid dienone is 2. The third kappa shape index (κ3) is 0.897. The third-order valence-electron chi connectivity index (χ3n) is 1.80. The minimum Gasteiger partial charge on any atom is -0.302 e. The maximum Gasteiger partial charge on any atom is 0.301 e. The molecule has 13 heavy (non-hydrogen) atoms. The largest absolute Gasteiger partial charge is 0.302 e. The predicted octanol–water partition coefficient (Wildman–Crippen LogP) is 3.47. The average Bonchev–Trinajstić information content (AvgIpc) is 2.66. The lowest BCUT2D eigenvalue weighted by Gasteiger charge is -2.12. The van der Waals surface area contributed by atoms with Crippen molar-refractivity contribution >= 4 is 34.8 Å². The van der Waals surface area contributed by atoms with Crippen LogP contribution in [0.3, 0.4) is 0 Å². The lowest BCUT2D eigenvalue weighted by Crippen LogP contribution is -2.22. The molecule has 0 radical (unpaired) electrons. The van der Waals surface area contributed by atoms with E-state index in [0.29, 0.717) is 0 Å². The van der Waals surface area contributed by atoms with Crippen molar-refractivity contribution in [2.24, 2.45) is 0 Å². The van der Waals surface area contributed by atoms with E-state index in [0.717, 1.165) is 0 Å². The minimum absolute atomic E-state index is 0.953. The monoisotopic (exact) mass is 250 g/mol. The Bertz CT molecular complexity index is 332. The molecule has 1 saturated heterocycles. The van der Waals surface area contributed by atoms with E-state index >= 15 is 0 Å². The van der Waals surface area contributed by atoms with Gasteiger partial charge < -0.3 is 4.74 Å². The second-order valence-corrected chi connectivity index (χ2v) is 3.84. The first-order valence-electron chi connectivity index (χ1n) is 3.04. The lowest BCUT2D eigenvalue weighted by atomic mass is 10.1. The van der Waals surface area contributed by atoms with Gasteiger partial charge >= 0.3 is 5.85 Å². The van der Waals surface area contributed by atoms with Gasteiger partial charge in [-0.25, -0.2) is 13.2 Å². The molecule has 1 fully saturated rings. The van der Waals surface area contributed by atoms with E-state index in [4.69, 9.17) is 34.8 Å². The first-order chi connectivity index (χ1) is 5.84. The first-order valence-corrected chi connectivity index (χ1v) is 4.18. The second-order valence-electron chi connectivity index (χ2n) is 2.55. The van der Waals surface area contributed by atoms with Gasteiger partial charge in [0.05, 0.1) is 0 Å². The number of halogens is 6. The highest BCUT2D eigenvalue weighted by atomic mass is 35.5. The Morgan fingerprint density at radius 2 is 1.77 bits per heavy atom. The number of alkyl halides is 2. The summed E-state index contributed by atoms with van der Waals surface area (Å²) in [5, 5.41) is -4.30. The number of epoxide rings is 1. The lowest BCUT2D eigenvalue weighted by molar-refractivity contribution is 0.184. The highest BCUT2D eigenvalue weighted by Crippen LogP contribution is 2.66. The summed E-state index contributed by atoms with van der Waals surface area (Å²) in [6.45, 7) is 0. The van der Waals surface area contributed by atoms with Crippen molar-refractivity contribution in [1.82, 2.24) is 0 Å². The van der Waals surface area contributed by atoms with E-state index in [1.807, 2.05) is 0 Å². The zero-order valence-corrected chi connectivity index (χ0v) is 7.94. The molecule has 1 nitrogen and oxygen atoms in total. The molecule has 72 valence electrons. The van der Waals surface area contributed by atoms with Crippen LogP contribution in [0.1, 0.15) is 0 Å². The Hall–Kier alpha value is 0.1000. The smallest absolute Gasteiger partial charge is 0.301 e. The minimum atomic E-state index is -2.82. The summed E-state index contributed by atoms with van der Waals surface area (Å²) in [5.74, 6) is -5.61. The Morgan fingerprint density at radius 1 is 1.23 bits per heavy atom. The number of hydrogen-bond acceptors (Lipinski definition) is 1. The fourth-order valence-electron chi connectivity index (χ4n) is 1.02. The molecule has 2 aliphatic rings. The molecule has 0 aromatic carbocycles. The van der Waals surface area contributed by atoms with Crippen LogP contribution in [0.5, 0.6) is 0 Å². The topological polar surface area (TPSA) is 12.5 Å². The molecule has 0 saturated carbocycles. The predicted molar refractivity (Wildman–Crippen MR) is 41.5 cm³/mol. The first kappa shape index (κ1) is 9.65. The fraction of sp³-hybridized carbons (Fsp3) is 0.333. The van der Waals surface area contributed by atoms with Gasteiger partial charge in [0.1, 0.15) is 10.1 Å². The molecule has 0 amide bonds. The maximum atomic E-state index is 13.3. The Labute approximate surface area is 85.7 Å². The van der Waals surface area contributed by atoms with Crippen LogP contribution in [0.25, 0.3) is 0 Å². The van der Waals surface area contributed by atoms with Gasteiger partial charge in [-0.1, -0.05) is 34.8 Å². The van der Waals surface area contributed by atoms with Crippen LogP contribution in [0.15, 0.2) is 21.7 Å². The van der Waals surface area contributed by atoms with Crippen molar-refractivity contribution in [3.63, 3.8) is 0 Å². The fourth-order valence-corrected chi connectivity index (χ4v) is 1.95. The summed E-state index contributed by atoms with van der Waals surface area (Å²) in [6.07, 6.45) is 0. The molecular weight excluding hydrogens is 251 g/mol. The van der Waals surface area contributed by atoms with Crippen molar-refractivity contribution in [3.05, 3.63) is 21.7 Å². The van der Waals surface area contributed by atoms with Crippen LogP contribution in [-0.2, 0) is 4.74 Å². The summed E-state index contributed by atoms with van der Waals surface area (Å²) in [6, 6.07) is 0. The molecule has 1 aliphatic heterocycles. The van der Waals surface area contributed by atoms with Crippen molar-refractivity contribution < 1.29 is 17.9 Å². The highest BCUT2D eigenvalue weighted by molar-refractivity contribution is 6.40. The molecule has 2 rings (SSSR count). The molecule has 0 spiro atoms. The van der Waals surface area contributed by atoms with E-state index in [1.165, 1.54) is 0 Å². The van der Waals surface area contributed by atoms with Crippen LogP contribution >= 0.6 is 34.8 Å². The summed E-state index contributed by atoms with van der Waals surface area (Å²) >= 11 is 15.6. The summed E-state index contributed by atoms with van der Waals surface area (Å²) in [5.41, 5.74) is 0. The standard InChI is InChI=1S/C6Cl3F3O/c7-1-2(10)3(8)6(12)5(9,13-6)4(1)11. The quantitative estimate of drug-likeness (QED) is 0.474. The van der Waals surface area contributed by atoms with Crippen LogP contribution < -0.4 is 0 Å². The van der Waals surface area contributed by atoms with Crippen LogP contribution in [-0.4, -0.2) is 10.9 Å². The summed E-state index contributed by atoms with van der Waals surface area (Å²) < 4.78 is 43.3. The SMILES string of the molecule is FC1=C(Cl)C2(F)OC2(Cl)C(F)=C1Cl. The molecule has 0 N–H and O–H groups in total. The number of hydrogen-bond donors (Lipinski definition) is 0. The van der Waals surface area contributed by atoms with Gasteiger partial charge in [0.15, 0.2) is 11.7 Å². The maximum absolute atomic E-state index is 13.3. The van der Waals surface area contributed by atoms with Crippen molar-refractivity contribution in [1.29, 1.82) is 0 Å². The molecule has 0 bridgehead atoms. The number of rotatable bonds is 0. The normalized spacial score (nSPS) is 43.8. The van der Waals surface area contributed by atoms with Crippen LogP contribution in [0.4, 0.5) is 13.2 Å². The van der Waals surface area contributed by atoms with Crippen LogP contribution in [0.2, 0.25) is 0 Å². The molecule has 1 aliphatic carbocycles. The molecule has 0 aromatic rings. The summed E-state index contributed by atoms with van der Waals surface area (Å²) in [4.78, 5) is 0.